The first-order valence-electron chi connectivity index (χ1n) is 14.7. The molecule has 0 aromatic carbocycles. The van der Waals surface area contributed by atoms with E-state index in [1.807, 2.05) is 26.0 Å². The van der Waals surface area contributed by atoms with Crippen molar-refractivity contribution < 1.29 is 33.2 Å². The van der Waals surface area contributed by atoms with Crippen molar-refractivity contribution in [2.24, 2.45) is 44.3 Å². The number of allylic oxidation sites excluding steroid dienone is 4. The van der Waals surface area contributed by atoms with Gasteiger partial charge in [-0.3, -0.25) is 20.3 Å². The minimum Gasteiger partial charge on any atom is -0.355 e. The maximum atomic E-state index is 14.5. The third-order valence-electron chi connectivity index (χ3n) is 12.5. The summed E-state index contributed by atoms with van der Waals surface area (Å²) in [6.07, 6.45) is 11.8. The second-order valence-electron chi connectivity index (χ2n) is 15.3. The third-order valence-corrected chi connectivity index (χ3v) is 12.5. The van der Waals surface area contributed by atoms with E-state index in [0.29, 0.717) is 6.54 Å². The molecule has 0 aromatic heterocycles. The van der Waals surface area contributed by atoms with E-state index in [2.05, 4.69) is 52.6 Å². The van der Waals surface area contributed by atoms with Gasteiger partial charge in [-0.15, -0.1) is 5.41 Å². The van der Waals surface area contributed by atoms with Gasteiger partial charge in [-0.2, -0.15) is 11.7 Å². The number of nitriles is 1. The van der Waals surface area contributed by atoms with Crippen molar-refractivity contribution in [3.63, 3.8) is 0 Å². The molecule has 5 rings (SSSR count). The summed E-state index contributed by atoms with van der Waals surface area (Å²) in [5, 5.41) is 13.0. The topological polar surface area (TPSA) is 87.0 Å². The Balaban J connectivity index is 0.00000370. The summed E-state index contributed by atoms with van der Waals surface area (Å²) in [6, 6.07) is 2.19. The van der Waals surface area contributed by atoms with Crippen LogP contribution in [0.4, 0.5) is 0 Å². The predicted octanol–water partition coefficient (Wildman–Crippen LogP) is 3.47. The molecule has 1 unspecified atom stereocenters. The molecule has 0 bridgehead atoms. The summed E-state index contributed by atoms with van der Waals surface area (Å²) < 4.78 is 0. The van der Waals surface area contributed by atoms with Gasteiger partial charge < -0.3 is 5.32 Å². The number of fused-ring (bicyclic) bond motifs is 7. The Morgan fingerprint density at radius 1 is 1.10 bits per heavy atom. The van der Waals surface area contributed by atoms with Crippen molar-refractivity contribution in [1.29, 1.82) is 5.26 Å². The quantitative estimate of drug-likeness (QED) is 0.340. The molecular weight excluding hydrogens is 491 g/mol. The molecule has 210 valence electrons. The second kappa shape index (κ2) is 9.57. The van der Waals surface area contributed by atoms with Crippen molar-refractivity contribution in [3.05, 3.63) is 41.9 Å². The van der Waals surface area contributed by atoms with Crippen LogP contribution in [0, 0.1) is 61.6 Å². The molecule has 3 fully saturated rings. The van der Waals surface area contributed by atoms with Crippen molar-refractivity contribution in [2.45, 2.75) is 93.4 Å². The zero-order chi connectivity index (χ0) is 28.8. The molecule has 0 saturated heterocycles. The second-order valence-corrected chi connectivity index (χ2v) is 15.3. The number of amides is 1. The van der Waals surface area contributed by atoms with Crippen LogP contribution in [-0.4, -0.2) is 24.0 Å². The van der Waals surface area contributed by atoms with E-state index in [-0.39, 0.29) is 75.4 Å². The van der Waals surface area contributed by atoms with Gasteiger partial charge in [-0.1, -0.05) is 104 Å². The summed E-state index contributed by atoms with van der Waals surface area (Å²) in [5.41, 5.74) is -0.429. The van der Waals surface area contributed by atoms with Gasteiger partial charge in [0.15, 0.2) is 5.78 Å². The van der Waals surface area contributed by atoms with Crippen LogP contribution in [0.5, 0.6) is 0 Å². The van der Waals surface area contributed by atoms with Gasteiger partial charge in [-0.05, 0) is 48.3 Å². The molecule has 0 aromatic rings. The molecule has 6 atom stereocenters. The van der Waals surface area contributed by atoms with E-state index in [9.17, 15) is 19.6 Å². The number of hydrogen-bond acceptors (Lipinski definition) is 4. The molecule has 5 aliphatic carbocycles. The SMILES string of the molecule is C=CC(=O)NC[C@]12CCC(C)(C)C[C-]1[C@H]1C(=O)C=C3[C@@]4(C)C=C(C#N)C(=O)C(C)(C)C4CC[C@@]3(C)[C@]1(C)CC2.[Li+]. The molecule has 5 nitrogen and oxygen atoms in total. The van der Waals surface area contributed by atoms with E-state index in [4.69, 9.17) is 0 Å². The Morgan fingerprint density at radius 3 is 2.38 bits per heavy atom. The van der Waals surface area contributed by atoms with Crippen LogP contribution in [0.2, 0.25) is 0 Å². The van der Waals surface area contributed by atoms with Gasteiger partial charge in [0.1, 0.15) is 11.9 Å². The van der Waals surface area contributed by atoms with Crippen LogP contribution in [0.3, 0.4) is 0 Å². The number of nitrogens with zero attached hydrogens (tertiary/aromatic N) is 1. The smallest absolute Gasteiger partial charge is 0.355 e. The van der Waals surface area contributed by atoms with Crippen LogP contribution in [0.15, 0.2) is 36.0 Å². The molecule has 0 aliphatic heterocycles. The van der Waals surface area contributed by atoms with Crippen LogP contribution in [0.25, 0.3) is 0 Å². The van der Waals surface area contributed by atoms with E-state index in [1.54, 1.807) is 0 Å². The van der Waals surface area contributed by atoms with Gasteiger partial charge in [0.25, 0.3) is 0 Å². The fraction of sp³-hybridized carbons (Fsp3) is 0.676. The predicted molar refractivity (Wildman–Crippen MR) is 152 cm³/mol. The van der Waals surface area contributed by atoms with Crippen molar-refractivity contribution >= 4 is 17.5 Å². The molecule has 0 radical (unpaired) electrons. The third kappa shape index (κ3) is 4.03. The zero-order valence-corrected chi connectivity index (χ0v) is 25.9. The Morgan fingerprint density at radius 2 is 1.75 bits per heavy atom. The molecular formula is C34H45LiN2O3. The fourth-order valence-corrected chi connectivity index (χ4v) is 9.98. The van der Waals surface area contributed by atoms with Gasteiger partial charge in [-0.25, -0.2) is 0 Å². The van der Waals surface area contributed by atoms with E-state index >= 15 is 0 Å². The van der Waals surface area contributed by atoms with E-state index in [1.165, 1.54) is 12.0 Å². The van der Waals surface area contributed by atoms with Crippen LogP contribution in [-0.2, 0) is 14.4 Å². The van der Waals surface area contributed by atoms with Crippen molar-refractivity contribution in [2.75, 3.05) is 6.54 Å². The Labute approximate surface area is 252 Å². The van der Waals surface area contributed by atoms with Gasteiger partial charge in [0, 0.05) is 10.8 Å². The number of hydrogen-bond donors (Lipinski definition) is 1. The van der Waals surface area contributed by atoms with Crippen molar-refractivity contribution in [1.82, 2.24) is 5.32 Å². The number of carbonyl (C=O) groups is 3. The number of ketones is 2. The molecule has 0 spiro atoms. The number of Topliss-reactive ketones (excluding diaryl/α,β-unsaturated/α-hetero) is 1. The molecule has 0 heterocycles. The Bertz CT molecular complexity index is 1270. The van der Waals surface area contributed by atoms with Crippen molar-refractivity contribution in [3.8, 4) is 6.07 Å². The fourth-order valence-electron chi connectivity index (χ4n) is 9.98. The molecule has 6 heteroatoms. The zero-order valence-electron chi connectivity index (χ0n) is 25.9. The normalized spacial score (nSPS) is 41.4. The summed E-state index contributed by atoms with van der Waals surface area (Å²) >= 11 is 0. The van der Waals surface area contributed by atoms with Crippen LogP contribution >= 0.6 is 0 Å². The van der Waals surface area contributed by atoms with Gasteiger partial charge in [0.2, 0.25) is 5.91 Å². The first kappa shape index (κ1) is 31.1. The first-order chi connectivity index (χ1) is 18.0. The largest absolute Gasteiger partial charge is 1.00 e. The monoisotopic (exact) mass is 536 g/mol. The summed E-state index contributed by atoms with van der Waals surface area (Å²) in [5.74, 6) is 1.11. The number of carbonyl (C=O) groups excluding carboxylic acids is 3. The summed E-state index contributed by atoms with van der Waals surface area (Å²) in [6.45, 7) is 19.6. The molecule has 3 saturated carbocycles. The van der Waals surface area contributed by atoms with Gasteiger partial charge >= 0.3 is 18.9 Å². The van der Waals surface area contributed by atoms with Crippen LogP contribution < -0.4 is 24.2 Å². The minimum absolute atomic E-state index is 0. The number of nitrogens with one attached hydrogen (secondary N) is 1. The number of rotatable bonds is 3. The average molecular weight is 537 g/mol. The molecule has 1 N–H and O–H groups in total. The molecule has 40 heavy (non-hydrogen) atoms. The minimum atomic E-state index is -0.662. The first-order valence-corrected chi connectivity index (χ1v) is 14.7. The summed E-state index contributed by atoms with van der Waals surface area (Å²) in [4.78, 5) is 39.9. The Hall–Kier alpha value is -1.88. The van der Waals surface area contributed by atoms with E-state index < -0.39 is 10.8 Å². The molecule has 5 aliphatic rings. The van der Waals surface area contributed by atoms with Gasteiger partial charge in [0.05, 0.1) is 5.57 Å². The standard InChI is InChI=1S/C34H45N2O3.Li/c1-9-26(38)36-20-34-14-12-29(2,3)18-22(34)27-23(37)16-25-31(6)17-21(19-35)28(39)30(4,5)24(31)10-11-32(25,7)33(27,8)13-15-34;/h9,16-17,24,27H,1,10-15,18,20H2,2-8H3,(H,36,38);/q-1;+1/t24?,27-,31-,32+,33+,34+;/m0./s1. The van der Waals surface area contributed by atoms with Crippen LogP contribution in [0.1, 0.15) is 93.4 Å². The van der Waals surface area contributed by atoms with E-state index in [0.717, 1.165) is 50.5 Å². The molecule has 1 amide bonds. The maximum absolute atomic E-state index is 14.5. The average Bonchev–Trinajstić information content (AvgIpc) is 2.86. The Kier molecular flexibility index (Phi) is 7.43. The summed E-state index contributed by atoms with van der Waals surface area (Å²) in [7, 11) is 0. The maximum Gasteiger partial charge on any atom is 1.00 e.